The zero-order valence-electron chi connectivity index (χ0n) is 12.0. The van der Waals surface area contributed by atoms with Crippen molar-refractivity contribution in [3.05, 3.63) is 0 Å². The smallest absolute Gasteiger partial charge is 0.239 e. The summed E-state index contributed by atoms with van der Waals surface area (Å²) in [6.45, 7) is 7.08. The van der Waals surface area contributed by atoms with Gasteiger partial charge in [0.25, 0.3) is 0 Å². The molecule has 0 aliphatic carbocycles. The summed E-state index contributed by atoms with van der Waals surface area (Å²) in [6, 6.07) is 0. The van der Waals surface area contributed by atoms with Crippen LogP contribution in [0.5, 0.6) is 0 Å². The number of amides is 1. The lowest BCUT2D eigenvalue weighted by molar-refractivity contribution is -0.120. The van der Waals surface area contributed by atoms with Gasteiger partial charge in [0.15, 0.2) is 15.7 Å². The van der Waals surface area contributed by atoms with Gasteiger partial charge in [-0.25, -0.2) is 8.42 Å². The first kappa shape index (κ1) is 16.7. The summed E-state index contributed by atoms with van der Waals surface area (Å²) < 4.78 is 27.7. The summed E-state index contributed by atoms with van der Waals surface area (Å²) in [5.74, 6) is -0.335. The topological polar surface area (TPSA) is 114 Å². The molecule has 114 valence electrons. The van der Waals surface area contributed by atoms with Crippen LogP contribution in [-0.4, -0.2) is 36.5 Å². The van der Waals surface area contributed by atoms with Gasteiger partial charge < -0.3 is 16.4 Å². The van der Waals surface area contributed by atoms with E-state index in [-0.39, 0.29) is 34.5 Å². The van der Waals surface area contributed by atoms with Crippen LogP contribution in [0.2, 0.25) is 0 Å². The number of hydrogen-bond acceptors (Lipinski definition) is 7. The zero-order valence-corrected chi connectivity index (χ0v) is 13.6. The van der Waals surface area contributed by atoms with Crippen LogP contribution >= 0.6 is 11.5 Å². The number of anilines is 2. The molecule has 0 unspecified atom stereocenters. The molecule has 0 bridgehead atoms. The van der Waals surface area contributed by atoms with E-state index in [1.807, 2.05) is 20.8 Å². The summed E-state index contributed by atoms with van der Waals surface area (Å²) >= 11 is 0.933. The summed E-state index contributed by atoms with van der Waals surface area (Å²) in [5, 5.41) is 5.85. The molecule has 0 aromatic carbocycles. The highest BCUT2D eigenvalue weighted by Crippen LogP contribution is 2.31. The van der Waals surface area contributed by atoms with E-state index in [0.29, 0.717) is 5.00 Å². The summed E-state index contributed by atoms with van der Waals surface area (Å²) in [7, 11) is -3.47. The first-order valence-corrected chi connectivity index (χ1v) is 8.52. The Morgan fingerprint density at radius 1 is 1.40 bits per heavy atom. The Bertz CT molecular complexity index is 587. The largest absolute Gasteiger partial charge is 0.382 e. The number of sulfone groups is 1. The third kappa shape index (κ3) is 4.34. The number of nitrogens with one attached hydrogen (secondary N) is 2. The molecule has 0 spiro atoms. The predicted octanol–water partition coefficient (Wildman–Crippen LogP) is 0.845. The maximum absolute atomic E-state index is 11.9. The number of hydrogen-bond donors (Lipinski definition) is 3. The zero-order chi connectivity index (χ0) is 15.6. The number of carbonyl (C=O) groups excluding carboxylic acids is 1. The predicted molar refractivity (Wildman–Crippen MR) is 80.6 cm³/mol. The normalized spacial score (nSPS) is 12.2. The van der Waals surface area contributed by atoms with Gasteiger partial charge in [0.1, 0.15) is 9.90 Å². The molecule has 0 aliphatic rings. The third-order valence-corrected chi connectivity index (χ3v) is 5.03. The fraction of sp³-hybridized carbons (Fsp3) is 0.636. The van der Waals surface area contributed by atoms with Crippen LogP contribution in [0.15, 0.2) is 4.90 Å². The molecule has 7 nitrogen and oxygen atoms in total. The summed E-state index contributed by atoms with van der Waals surface area (Å²) in [6.07, 6.45) is 0. The molecule has 0 atom stereocenters. The van der Waals surface area contributed by atoms with Crippen molar-refractivity contribution < 1.29 is 13.2 Å². The van der Waals surface area contributed by atoms with Crippen molar-refractivity contribution in [3.63, 3.8) is 0 Å². The first-order valence-electron chi connectivity index (χ1n) is 6.09. The molecule has 0 aliphatic heterocycles. The second kappa shape index (κ2) is 5.96. The minimum absolute atomic E-state index is 0.0199. The van der Waals surface area contributed by atoms with Crippen LogP contribution in [-0.2, 0) is 14.6 Å². The van der Waals surface area contributed by atoms with Gasteiger partial charge in [-0.15, -0.1) is 0 Å². The molecular weight excluding hydrogens is 300 g/mol. The quantitative estimate of drug-likeness (QED) is 0.741. The molecule has 1 aromatic rings. The number of carbonyl (C=O) groups is 1. The van der Waals surface area contributed by atoms with Gasteiger partial charge >= 0.3 is 0 Å². The van der Waals surface area contributed by atoms with Gasteiger partial charge in [-0.3, -0.25) is 4.79 Å². The number of nitrogens with two attached hydrogens (primary N) is 1. The van der Waals surface area contributed by atoms with E-state index >= 15 is 0 Å². The van der Waals surface area contributed by atoms with Crippen molar-refractivity contribution in [2.45, 2.75) is 38.1 Å². The van der Waals surface area contributed by atoms with Crippen molar-refractivity contribution in [1.29, 1.82) is 0 Å². The third-order valence-electron chi connectivity index (χ3n) is 2.29. The molecule has 1 heterocycles. The van der Waals surface area contributed by atoms with Crippen molar-refractivity contribution in [3.8, 4) is 0 Å². The fourth-order valence-electron chi connectivity index (χ4n) is 1.47. The summed E-state index contributed by atoms with van der Waals surface area (Å²) in [5.41, 5.74) is 5.25. The van der Waals surface area contributed by atoms with E-state index in [1.165, 1.54) is 6.92 Å². The Balaban J connectivity index is 2.83. The van der Waals surface area contributed by atoms with E-state index in [0.717, 1.165) is 11.5 Å². The minimum Gasteiger partial charge on any atom is -0.382 e. The number of rotatable bonds is 5. The number of aromatic nitrogens is 1. The Kier molecular flexibility index (Phi) is 4.98. The van der Waals surface area contributed by atoms with Crippen molar-refractivity contribution in [2.75, 3.05) is 23.3 Å². The second-order valence-electron chi connectivity index (χ2n) is 5.28. The van der Waals surface area contributed by atoms with Gasteiger partial charge in [-0.2, -0.15) is 4.37 Å². The van der Waals surface area contributed by atoms with E-state index in [2.05, 4.69) is 15.0 Å². The van der Waals surface area contributed by atoms with Crippen LogP contribution in [0.4, 0.5) is 10.8 Å². The van der Waals surface area contributed by atoms with Gasteiger partial charge in [0, 0.05) is 5.54 Å². The van der Waals surface area contributed by atoms with Crippen molar-refractivity contribution in [2.24, 2.45) is 0 Å². The monoisotopic (exact) mass is 320 g/mol. The van der Waals surface area contributed by atoms with Crippen LogP contribution in [0.3, 0.4) is 0 Å². The molecule has 1 rings (SSSR count). The van der Waals surface area contributed by atoms with E-state index in [9.17, 15) is 13.2 Å². The molecule has 0 fully saturated rings. The first-order chi connectivity index (χ1) is 9.07. The Hall–Kier alpha value is -1.35. The molecule has 1 amide bonds. The number of nitrogens with zero attached hydrogens (tertiary/aromatic N) is 1. The van der Waals surface area contributed by atoms with E-state index in [4.69, 9.17) is 5.73 Å². The molecule has 0 radical (unpaired) electrons. The Morgan fingerprint density at radius 2 is 2.00 bits per heavy atom. The van der Waals surface area contributed by atoms with Gasteiger partial charge in [-0.1, -0.05) is 6.92 Å². The standard InChI is InChI=1S/C11H20N4O3S2/c1-5-20(17,18)8-9(12)15-19-10(8)13-6-7(16)14-11(2,3)4/h13H,5-6H2,1-4H3,(H2,12,15)(H,14,16). The lowest BCUT2D eigenvalue weighted by Crippen LogP contribution is -2.43. The highest BCUT2D eigenvalue weighted by Gasteiger charge is 2.24. The van der Waals surface area contributed by atoms with Gasteiger partial charge in [0.05, 0.1) is 12.3 Å². The van der Waals surface area contributed by atoms with Crippen LogP contribution < -0.4 is 16.4 Å². The van der Waals surface area contributed by atoms with Crippen LogP contribution in [0.25, 0.3) is 0 Å². The fourth-order valence-corrected chi connectivity index (χ4v) is 3.64. The lowest BCUT2D eigenvalue weighted by atomic mass is 10.1. The Morgan fingerprint density at radius 3 is 2.50 bits per heavy atom. The maximum atomic E-state index is 11.9. The highest BCUT2D eigenvalue weighted by atomic mass is 32.2. The van der Waals surface area contributed by atoms with Crippen LogP contribution in [0.1, 0.15) is 27.7 Å². The van der Waals surface area contributed by atoms with E-state index in [1.54, 1.807) is 0 Å². The Labute approximate surface area is 123 Å². The second-order valence-corrected chi connectivity index (χ2v) is 8.27. The maximum Gasteiger partial charge on any atom is 0.239 e. The van der Waals surface area contributed by atoms with E-state index < -0.39 is 9.84 Å². The average molecular weight is 320 g/mol. The van der Waals surface area contributed by atoms with Gasteiger partial charge in [-0.05, 0) is 32.3 Å². The molecule has 1 aromatic heterocycles. The molecule has 4 N–H and O–H groups in total. The van der Waals surface area contributed by atoms with Crippen molar-refractivity contribution >= 4 is 38.1 Å². The molecular formula is C11H20N4O3S2. The number of nitrogen functional groups attached to an aromatic ring is 1. The molecule has 0 saturated carbocycles. The molecule has 20 heavy (non-hydrogen) atoms. The average Bonchev–Trinajstić information content (AvgIpc) is 2.66. The minimum atomic E-state index is -3.47. The SMILES string of the molecule is CCS(=O)(=O)c1c(N)nsc1NCC(=O)NC(C)(C)C. The molecule has 9 heteroatoms. The van der Waals surface area contributed by atoms with Gasteiger partial charge in [0.2, 0.25) is 5.91 Å². The lowest BCUT2D eigenvalue weighted by Gasteiger charge is -2.20. The van der Waals surface area contributed by atoms with Crippen LogP contribution in [0, 0.1) is 0 Å². The molecule has 0 saturated heterocycles. The summed E-state index contributed by atoms with van der Waals surface area (Å²) in [4.78, 5) is 11.7. The highest BCUT2D eigenvalue weighted by molar-refractivity contribution is 7.91. The van der Waals surface area contributed by atoms with Crippen molar-refractivity contribution in [1.82, 2.24) is 9.69 Å².